The van der Waals surface area contributed by atoms with Crippen LogP contribution in [0.1, 0.15) is 30.1 Å². The van der Waals surface area contributed by atoms with E-state index in [4.69, 9.17) is 0 Å². The highest BCUT2D eigenvalue weighted by Crippen LogP contribution is 2.31. The molecule has 1 heterocycles. The molecule has 0 aliphatic rings. The summed E-state index contributed by atoms with van der Waals surface area (Å²) in [5.74, 6) is -0.0235. The van der Waals surface area contributed by atoms with Crippen molar-refractivity contribution in [2.75, 3.05) is 6.54 Å². The second-order valence-electron chi connectivity index (χ2n) is 3.29. The van der Waals surface area contributed by atoms with Crippen LogP contribution in [0.3, 0.4) is 0 Å². The number of halogens is 3. The molecule has 6 heteroatoms. The predicted octanol–water partition coefficient (Wildman–Crippen LogP) is 4.57. The number of carbonyl (C=O) groups is 1. The van der Waals surface area contributed by atoms with Crippen molar-refractivity contribution in [3.63, 3.8) is 0 Å². The van der Waals surface area contributed by atoms with E-state index in [9.17, 15) is 4.79 Å². The van der Waals surface area contributed by atoms with Gasteiger partial charge in [0.05, 0.1) is 13.1 Å². The topological polar surface area (TPSA) is 29.1 Å². The standard InChI is InChI=1S/C10H12Br3NOS/c1-2-6(11)3-4-14-10(15)7-5-8(12)16-9(7)13/h5-6H,2-4H2,1H3,(H,14,15). The van der Waals surface area contributed by atoms with Gasteiger partial charge in [0.25, 0.3) is 5.91 Å². The van der Waals surface area contributed by atoms with Gasteiger partial charge >= 0.3 is 0 Å². The van der Waals surface area contributed by atoms with Crippen molar-refractivity contribution >= 4 is 65.0 Å². The van der Waals surface area contributed by atoms with Gasteiger partial charge in [0.2, 0.25) is 0 Å². The van der Waals surface area contributed by atoms with Crippen LogP contribution in [0.5, 0.6) is 0 Å². The monoisotopic (exact) mass is 431 g/mol. The second kappa shape index (κ2) is 7.13. The van der Waals surface area contributed by atoms with Crippen LogP contribution in [0, 0.1) is 0 Å². The molecule has 1 unspecified atom stereocenters. The van der Waals surface area contributed by atoms with Gasteiger partial charge in [-0.1, -0.05) is 22.9 Å². The van der Waals surface area contributed by atoms with Crippen LogP contribution in [-0.2, 0) is 0 Å². The molecule has 0 bridgehead atoms. The minimum absolute atomic E-state index is 0.0235. The van der Waals surface area contributed by atoms with Gasteiger partial charge in [-0.05, 0) is 50.8 Å². The number of nitrogens with one attached hydrogen (secondary N) is 1. The quantitative estimate of drug-likeness (QED) is 0.677. The smallest absolute Gasteiger partial charge is 0.253 e. The Balaban J connectivity index is 2.44. The van der Waals surface area contributed by atoms with Gasteiger partial charge < -0.3 is 5.32 Å². The van der Waals surface area contributed by atoms with E-state index < -0.39 is 0 Å². The lowest BCUT2D eigenvalue weighted by Crippen LogP contribution is -2.25. The molecule has 0 aromatic carbocycles. The summed E-state index contributed by atoms with van der Waals surface area (Å²) in [7, 11) is 0. The Morgan fingerprint density at radius 2 is 2.25 bits per heavy atom. The van der Waals surface area contributed by atoms with E-state index in [-0.39, 0.29) is 5.91 Å². The highest BCUT2D eigenvalue weighted by molar-refractivity contribution is 9.12. The van der Waals surface area contributed by atoms with E-state index >= 15 is 0 Å². The zero-order chi connectivity index (χ0) is 12.1. The van der Waals surface area contributed by atoms with Gasteiger partial charge in [0.15, 0.2) is 0 Å². The fourth-order valence-electron chi connectivity index (χ4n) is 1.14. The Morgan fingerprint density at radius 3 is 2.75 bits per heavy atom. The summed E-state index contributed by atoms with van der Waals surface area (Å²) in [5, 5.41) is 2.91. The van der Waals surface area contributed by atoms with Gasteiger partial charge in [-0.25, -0.2) is 0 Å². The van der Waals surface area contributed by atoms with Crippen molar-refractivity contribution in [3.8, 4) is 0 Å². The van der Waals surface area contributed by atoms with Crippen LogP contribution < -0.4 is 5.32 Å². The molecule has 1 N–H and O–H groups in total. The van der Waals surface area contributed by atoms with E-state index in [1.54, 1.807) is 0 Å². The maximum Gasteiger partial charge on any atom is 0.253 e. The lowest BCUT2D eigenvalue weighted by atomic mass is 10.2. The zero-order valence-corrected chi connectivity index (χ0v) is 14.3. The molecule has 1 amide bonds. The molecule has 0 spiro atoms. The first kappa shape index (κ1) is 14.7. The van der Waals surface area contributed by atoms with Gasteiger partial charge in [0, 0.05) is 11.4 Å². The van der Waals surface area contributed by atoms with Crippen LogP contribution in [0.25, 0.3) is 0 Å². The number of hydrogen-bond donors (Lipinski definition) is 1. The van der Waals surface area contributed by atoms with Gasteiger partial charge in [-0.15, -0.1) is 11.3 Å². The number of alkyl halides is 1. The summed E-state index contributed by atoms with van der Waals surface area (Å²) in [6, 6.07) is 1.83. The van der Waals surface area contributed by atoms with Crippen LogP contribution >= 0.6 is 59.1 Å². The molecule has 2 nitrogen and oxygen atoms in total. The second-order valence-corrected chi connectivity index (χ2v) is 8.33. The van der Waals surface area contributed by atoms with E-state index in [2.05, 4.69) is 60.0 Å². The number of hydrogen-bond acceptors (Lipinski definition) is 2. The van der Waals surface area contributed by atoms with Gasteiger partial charge in [-0.3, -0.25) is 4.79 Å². The van der Waals surface area contributed by atoms with Crippen molar-refractivity contribution in [1.82, 2.24) is 5.32 Å². The number of carbonyl (C=O) groups excluding carboxylic acids is 1. The summed E-state index contributed by atoms with van der Waals surface area (Å²) < 4.78 is 1.82. The highest BCUT2D eigenvalue weighted by Gasteiger charge is 2.13. The molecule has 1 rings (SSSR count). The minimum atomic E-state index is -0.0235. The van der Waals surface area contributed by atoms with E-state index in [1.165, 1.54) is 11.3 Å². The average molecular weight is 434 g/mol. The fraction of sp³-hybridized carbons (Fsp3) is 0.500. The highest BCUT2D eigenvalue weighted by atomic mass is 79.9. The Kier molecular flexibility index (Phi) is 6.54. The number of amides is 1. The van der Waals surface area contributed by atoms with Crippen LogP contribution in [0.2, 0.25) is 0 Å². The summed E-state index contributed by atoms with van der Waals surface area (Å²) >= 11 is 11.8. The molecule has 0 saturated heterocycles. The van der Waals surface area contributed by atoms with Crippen molar-refractivity contribution in [3.05, 3.63) is 19.2 Å². The molecule has 16 heavy (non-hydrogen) atoms. The predicted molar refractivity (Wildman–Crippen MR) is 79.7 cm³/mol. The normalized spacial score (nSPS) is 12.5. The minimum Gasteiger partial charge on any atom is -0.352 e. The Hall–Kier alpha value is 0.610. The molecule has 1 atom stereocenters. The first-order valence-electron chi connectivity index (χ1n) is 4.91. The van der Waals surface area contributed by atoms with E-state index in [0.717, 1.165) is 20.4 Å². The summed E-state index contributed by atoms with van der Waals surface area (Å²) in [5.41, 5.74) is 0.694. The first-order valence-corrected chi connectivity index (χ1v) is 8.23. The molecule has 1 aromatic rings. The van der Waals surface area contributed by atoms with E-state index in [1.807, 2.05) is 6.07 Å². The molecule has 90 valence electrons. The Bertz CT molecular complexity index is 367. The average Bonchev–Trinajstić information content (AvgIpc) is 2.57. The molecule has 0 saturated carbocycles. The van der Waals surface area contributed by atoms with Crippen molar-refractivity contribution < 1.29 is 4.79 Å². The fourth-order valence-corrected chi connectivity index (χ4v) is 4.16. The van der Waals surface area contributed by atoms with Crippen molar-refractivity contribution in [1.29, 1.82) is 0 Å². The first-order chi connectivity index (χ1) is 7.54. The SMILES string of the molecule is CCC(Br)CCNC(=O)c1cc(Br)sc1Br. The molecule has 1 aromatic heterocycles. The summed E-state index contributed by atoms with van der Waals surface area (Å²) in [6.45, 7) is 2.82. The molecular formula is C10H12Br3NOS. The zero-order valence-electron chi connectivity index (χ0n) is 8.73. The summed E-state index contributed by atoms with van der Waals surface area (Å²) in [6.07, 6.45) is 2.02. The van der Waals surface area contributed by atoms with Crippen LogP contribution in [0.4, 0.5) is 0 Å². The molecule has 0 radical (unpaired) electrons. The lowest BCUT2D eigenvalue weighted by Gasteiger charge is -2.07. The van der Waals surface area contributed by atoms with Crippen molar-refractivity contribution in [2.45, 2.75) is 24.6 Å². The maximum absolute atomic E-state index is 11.8. The number of rotatable bonds is 5. The molecular weight excluding hydrogens is 422 g/mol. The molecule has 0 fully saturated rings. The van der Waals surface area contributed by atoms with Gasteiger partial charge in [-0.2, -0.15) is 0 Å². The van der Waals surface area contributed by atoms with Crippen LogP contribution in [0.15, 0.2) is 13.6 Å². The largest absolute Gasteiger partial charge is 0.352 e. The Morgan fingerprint density at radius 1 is 1.56 bits per heavy atom. The third-order valence-electron chi connectivity index (χ3n) is 2.09. The third-order valence-corrected chi connectivity index (χ3v) is 5.53. The lowest BCUT2D eigenvalue weighted by molar-refractivity contribution is 0.0953. The maximum atomic E-state index is 11.8. The van der Waals surface area contributed by atoms with Crippen molar-refractivity contribution in [2.24, 2.45) is 0 Å². The molecule has 0 aliphatic carbocycles. The van der Waals surface area contributed by atoms with Crippen LogP contribution in [-0.4, -0.2) is 17.3 Å². The van der Waals surface area contributed by atoms with E-state index in [0.29, 0.717) is 16.9 Å². The Labute approximate surface area is 125 Å². The molecule has 0 aliphatic heterocycles. The summed E-state index contributed by atoms with van der Waals surface area (Å²) in [4.78, 5) is 12.3. The number of thiophene rings is 1. The third kappa shape index (κ3) is 4.47. The van der Waals surface area contributed by atoms with Gasteiger partial charge in [0.1, 0.15) is 0 Å².